The summed E-state index contributed by atoms with van der Waals surface area (Å²) in [6, 6.07) is 9.78. The van der Waals surface area contributed by atoms with Crippen LogP contribution in [0.3, 0.4) is 0 Å². The number of aryl methyl sites for hydroxylation is 2. The van der Waals surface area contributed by atoms with Crippen LogP contribution >= 0.6 is 0 Å². The van der Waals surface area contributed by atoms with E-state index in [1.54, 1.807) is 6.33 Å². The van der Waals surface area contributed by atoms with Crippen LogP contribution in [0.1, 0.15) is 23.1 Å². The standard InChI is InChI=1S/C15H15N3O/c1-10-3-4-11-7-12(5-6-13(11)17-10)15(19)14-8-18(2)9-16-14/h3-9,15,19H,1-2H3. The van der Waals surface area contributed by atoms with Crippen LogP contribution in [0.25, 0.3) is 10.9 Å². The number of hydrogen-bond donors (Lipinski definition) is 1. The Morgan fingerprint density at radius 3 is 2.79 bits per heavy atom. The fraction of sp³-hybridized carbons (Fsp3) is 0.200. The van der Waals surface area contributed by atoms with Crippen LogP contribution in [0, 0.1) is 6.92 Å². The molecular formula is C15H15N3O. The minimum absolute atomic E-state index is 0.655. The molecule has 0 bridgehead atoms. The number of aliphatic hydroxyl groups is 1. The van der Waals surface area contributed by atoms with Crippen molar-refractivity contribution >= 4 is 10.9 Å². The zero-order chi connectivity index (χ0) is 13.4. The molecule has 0 amide bonds. The maximum Gasteiger partial charge on any atom is 0.123 e. The molecule has 0 fully saturated rings. The summed E-state index contributed by atoms with van der Waals surface area (Å²) in [6.45, 7) is 1.97. The maximum atomic E-state index is 10.3. The van der Waals surface area contributed by atoms with Crippen molar-refractivity contribution in [2.45, 2.75) is 13.0 Å². The number of benzene rings is 1. The number of nitrogens with zero attached hydrogens (tertiary/aromatic N) is 3. The van der Waals surface area contributed by atoms with Crippen LogP contribution in [0.15, 0.2) is 42.9 Å². The van der Waals surface area contributed by atoms with Crippen molar-refractivity contribution in [3.8, 4) is 0 Å². The highest BCUT2D eigenvalue weighted by Crippen LogP contribution is 2.23. The van der Waals surface area contributed by atoms with Crippen LogP contribution < -0.4 is 0 Å². The molecule has 1 aromatic carbocycles. The van der Waals surface area contributed by atoms with Gasteiger partial charge in [0, 0.05) is 24.3 Å². The minimum atomic E-state index is -0.702. The van der Waals surface area contributed by atoms with E-state index >= 15 is 0 Å². The molecule has 4 nitrogen and oxygen atoms in total. The van der Waals surface area contributed by atoms with Crippen LogP contribution in [-0.4, -0.2) is 19.6 Å². The number of aliphatic hydroxyl groups excluding tert-OH is 1. The van der Waals surface area contributed by atoms with Gasteiger partial charge in [-0.15, -0.1) is 0 Å². The van der Waals surface area contributed by atoms with E-state index in [-0.39, 0.29) is 0 Å². The van der Waals surface area contributed by atoms with Gasteiger partial charge in [0.2, 0.25) is 0 Å². The third-order valence-electron chi connectivity index (χ3n) is 3.17. The number of pyridine rings is 1. The third kappa shape index (κ3) is 2.22. The molecule has 4 heteroatoms. The fourth-order valence-corrected chi connectivity index (χ4v) is 2.16. The van der Waals surface area contributed by atoms with Crippen molar-refractivity contribution in [2.75, 3.05) is 0 Å². The zero-order valence-corrected chi connectivity index (χ0v) is 10.9. The summed E-state index contributed by atoms with van der Waals surface area (Å²) in [4.78, 5) is 8.64. The highest BCUT2D eigenvalue weighted by atomic mass is 16.3. The topological polar surface area (TPSA) is 50.9 Å². The summed E-state index contributed by atoms with van der Waals surface area (Å²) in [5.74, 6) is 0. The average Bonchev–Trinajstić information content (AvgIpc) is 2.84. The monoisotopic (exact) mass is 253 g/mol. The van der Waals surface area contributed by atoms with Crippen LogP contribution in [0.4, 0.5) is 0 Å². The van der Waals surface area contributed by atoms with Crippen molar-refractivity contribution in [3.63, 3.8) is 0 Å². The van der Waals surface area contributed by atoms with Gasteiger partial charge in [0.1, 0.15) is 6.10 Å². The summed E-state index contributed by atoms with van der Waals surface area (Å²) < 4.78 is 1.82. The van der Waals surface area contributed by atoms with Crippen LogP contribution in [-0.2, 0) is 7.05 Å². The van der Waals surface area contributed by atoms with Crippen molar-refractivity contribution in [3.05, 3.63) is 59.8 Å². The van der Waals surface area contributed by atoms with E-state index in [9.17, 15) is 5.11 Å². The van der Waals surface area contributed by atoms with Crippen molar-refractivity contribution in [1.29, 1.82) is 0 Å². The molecule has 3 rings (SSSR count). The number of hydrogen-bond acceptors (Lipinski definition) is 3. The Labute approximate surface area is 111 Å². The highest BCUT2D eigenvalue weighted by Gasteiger charge is 2.13. The second-order valence-electron chi connectivity index (χ2n) is 4.77. The highest BCUT2D eigenvalue weighted by molar-refractivity contribution is 5.79. The molecule has 0 spiro atoms. The molecule has 0 aliphatic rings. The van der Waals surface area contributed by atoms with E-state index < -0.39 is 6.10 Å². The first-order valence-electron chi connectivity index (χ1n) is 6.17. The summed E-state index contributed by atoms with van der Waals surface area (Å²) in [7, 11) is 1.89. The molecular weight excluding hydrogens is 238 g/mol. The molecule has 2 heterocycles. The van der Waals surface area contributed by atoms with Gasteiger partial charge in [0.25, 0.3) is 0 Å². The lowest BCUT2D eigenvalue weighted by Gasteiger charge is -2.09. The minimum Gasteiger partial charge on any atom is -0.382 e. The number of imidazole rings is 1. The predicted molar refractivity (Wildman–Crippen MR) is 73.7 cm³/mol. The maximum absolute atomic E-state index is 10.3. The Morgan fingerprint density at radius 2 is 2.05 bits per heavy atom. The SMILES string of the molecule is Cc1ccc2cc(C(O)c3cn(C)cn3)ccc2n1. The van der Waals surface area contributed by atoms with Gasteiger partial charge < -0.3 is 9.67 Å². The van der Waals surface area contributed by atoms with Gasteiger partial charge >= 0.3 is 0 Å². The summed E-state index contributed by atoms with van der Waals surface area (Å²) in [5, 5.41) is 11.3. The summed E-state index contributed by atoms with van der Waals surface area (Å²) in [5.41, 5.74) is 3.42. The molecule has 0 saturated carbocycles. The first-order valence-corrected chi connectivity index (χ1v) is 6.17. The third-order valence-corrected chi connectivity index (χ3v) is 3.17. The normalized spacial score (nSPS) is 12.8. The molecule has 3 aromatic rings. The summed E-state index contributed by atoms with van der Waals surface area (Å²) >= 11 is 0. The van der Waals surface area contributed by atoms with E-state index in [1.807, 2.05) is 55.1 Å². The smallest absolute Gasteiger partial charge is 0.123 e. The first-order chi connectivity index (χ1) is 9.13. The lowest BCUT2D eigenvalue weighted by atomic mass is 10.0. The molecule has 1 unspecified atom stereocenters. The fourth-order valence-electron chi connectivity index (χ4n) is 2.16. The van der Waals surface area contributed by atoms with Gasteiger partial charge in [0.05, 0.1) is 17.5 Å². The Morgan fingerprint density at radius 1 is 1.21 bits per heavy atom. The van der Waals surface area contributed by atoms with E-state index in [2.05, 4.69) is 9.97 Å². The first kappa shape index (κ1) is 11.9. The average molecular weight is 253 g/mol. The lowest BCUT2D eigenvalue weighted by molar-refractivity contribution is 0.216. The Kier molecular flexibility index (Phi) is 2.80. The van der Waals surface area contributed by atoms with Crippen molar-refractivity contribution in [2.24, 2.45) is 7.05 Å². The molecule has 2 aromatic heterocycles. The van der Waals surface area contributed by atoms with E-state index in [0.717, 1.165) is 22.2 Å². The Bertz CT molecular complexity index is 733. The molecule has 19 heavy (non-hydrogen) atoms. The molecule has 0 aliphatic heterocycles. The lowest BCUT2D eigenvalue weighted by Crippen LogP contribution is -2.00. The molecule has 1 N–H and O–H groups in total. The van der Waals surface area contributed by atoms with E-state index in [4.69, 9.17) is 0 Å². The zero-order valence-electron chi connectivity index (χ0n) is 10.9. The van der Waals surface area contributed by atoms with Gasteiger partial charge in [-0.05, 0) is 30.7 Å². The van der Waals surface area contributed by atoms with Crippen molar-refractivity contribution in [1.82, 2.24) is 14.5 Å². The second kappa shape index (κ2) is 4.48. The predicted octanol–water partition coefficient (Wildman–Crippen LogP) is 2.36. The summed E-state index contributed by atoms with van der Waals surface area (Å²) in [6.07, 6.45) is 2.80. The molecule has 1 atom stereocenters. The van der Waals surface area contributed by atoms with E-state index in [1.165, 1.54) is 0 Å². The van der Waals surface area contributed by atoms with Crippen LogP contribution in [0.5, 0.6) is 0 Å². The van der Waals surface area contributed by atoms with Crippen LogP contribution in [0.2, 0.25) is 0 Å². The quantitative estimate of drug-likeness (QED) is 0.762. The van der Waals surface area contributed by atoms with E-state index in [0.29, 0.717) is 5.69 Å². The Hall–Kier alpha value is -2.20. The second-order valence-corrected chi connectivity index (χ2v) is 4.77. The van der Waals surface area contributed by atoms with Gasteiger partial charge in [-0.25, -0.2) is 4.98 Å². The largest absolute Gasteiger partial charge is 0.382 e. The van der Waals surface area contributed by atoms with Crippen molar-refractivity contribution < 1.29 is 5.11 Å². The van der Waals surface area contributed by atoms with Gasteiger partial charge in [-0.2, -0.15) is 0 Å². The molecule has 0 aliphatic carbocycles. The molecule has 0 radical (unpaired) electrons. The van der Waals surface area contributed by atoms with Gasteiger partial charge in [-0.3, -0.25) is 4.98 Å². The molecule has 0 saturated heterocycles. The van der Waals surface area contributed by atoms with Gasteiger partial charge in [-0.1, -0.05) is 12.1 Å². The number of fused-ring (bicyclic) bond motifs is 1. The number of rotatable bonds is 2. The van der Waals surface area contributed by atoms with Gasteiger partial charge in [0.15, 0.2) is 0 Å². The molecule has 96 valence electrons. The number of aromatic nitrogens is 3. The Balaban J connectivity index is 2.03.